The SMILES string of the molecule is CCOC(CCNC(=O)c1ccc(N=NC(N)=O)cc1)C1CCCC1. The smallest absolute Gasteiger partial charge is 0.356 e. The molecule has 1 atom stereocenters. The predicted octanol–water partition coefficient (Wildman–Crippen LogP) is 3.56. The van der Waals surface area contributed by atoms with Crippen LogP contribution in [0.2, 0.25) is 0 Å². The number of urea groups is 1. The average Bonchev–Trinajstić information content (AvgIpc) is 3.14. The number of benzene rings is 1. The molecule has 7 nitrogen and oxygen atoms in total. The standard InChI is InChI=1S/C18H26N4O3/c1-2-25-16(13-5-3-4-6-13)11-12-20-17(23)14-7-9-15(10-8-14)21-22-18(19)24/h7-10,13,16H,2-6,11-12H2,1H3,(H2,19,24)(H,20,23). The monoisotopic (exact) mass is 346 g/mol. The van der Waals surface area contributed by atoms with Gasteiger partial charge in [-0.3, -0.25) is 4.79 Å². The van der Waals surface area contributed by atoms with Crippen molar-refractivity contribution in [3.63, 3.8) is 0 Å². The molecule has 0 saturated heterocycles. The van der Waals surface area contributed by atoms with Crippen LogP contribution >= 0.6 is 0 Å². The lowest BCUT2D eigenvalue weighted by Gasteiger charge is -2.23. The van der Waals surface area contributed by atoms with Crippen molar-refractivity contribution in [2.24, 2.45) is 21.9 Å². The Bertz CT molecular complexity index is 595. The summed E-state index contributed by atoms with van der Waals surface area (Å²) in [6, 6.07) is 5.66. The molecule has 1 fully saturated rings. The number of azo groups is 1. The number of ether oxygens (including phenoxy) is 1. The fourth-order valence-electron chi connectivity index (χ4n) is 3.21. The van der Waals surface area contributed by atoms with Gasteiger partial charge in [0.1, 0.15) is 0 Å². The maximum atomic E-state index is 12.2. The van der Waals surface area contributed by atoms with Crippen molar-refractivity contribution in [1.82, 2.24) is 5.32 Å². The molecule has 1 unspecified atom stereocenters. The lowest BCUT2D eigenvalue weighted by molar-refractivity contribution is 0.0163. The number of nitrogens with two attached hydrogens (primary N) is 1. The van der Waals surface area contributed by atoms with E-state index in [-0.39, 0.29) is 12.0 Å². The summed E-state index contributed by atoms with van der Waals surface area (Å²) in [5, 5.41) is 9.84. The normalized spacial score (nSPS) is 16.2. The van der Waals surface area contributed by atoms with Crippen LogP contribution < -0.4 is 11.1 Å². The Labute approximate surface area is 148 Å². The Morgan fingerprint density at radius 1 is 1.28 bits per heavy atom. The second-order valence-corrected chi connectivity index (χ2v) is 6.17. The number of amides is 3. The molecule has 1 aromatic rings. The summed E-state index contributed by atoms with van der Waals surface area (Å²) in [6.07, 6.45) is 6.05. The topological polar surface area (TPSA) is 106 Å². The molecule has 0 aliphatic heterocycles. The highest BCUT2D eigenvalue weighted by Gasteiger charge is 2.25. The summed E-state index contributed by atoms with van der Waals surface area (Å²) < 4.78 is 5.86. The van der Waals surface area contributed by atoms with Gasteiger partial charge in [0.25, 0.3) is 5.91 Å². The molecule has 136 valence electrons. The minimum atomic E-state index is -0.854. The zero-order valence-corrected chi connectivity index (χ0v) is 14.6. The Morgan fingerprint density at radius 2 is 1.96 bits per heavy atom. The first-order valence-electron chi connectivity index (χ1n) is 8.81. The van der Waals surface area contributed by atoms with Crippen molar-refractivity contribution in [1.29, 1.82) is 0 Å². The van der Waals surface area contributed by atoms with Crippen molar-refractivity contribution in [2.45, 2.75) is 45.1 Å². The molecule has 7 heteroatoms. The highest BCUT2D eigenvalue weighted by molar-refractivity contribution is 5.94. The number of hydrogen-bond donors (Lipinski definition) is 2. The van der Waals surface area contributed by atoms with E-state index in [1.54, 1.807) is 24.3 Å². The molecule has 0 spiro atoms. The minimum absolute atomic E-state index is 0.139. The van der Waals surface area contributed by atoms with Crippen LogP contribution in [0.25, 0.3) is 0 Å². The average molecular weight is 346 g/mol. The van der Waals surface area contributed by atoms with E-state index in [0.717, 1.165) is 6.42 Å². The van der Waals surface area contributed by atoms with Crippen LogP contribution in [0, 0.1) is 5.92 Å². The van der Waals surface area contributed by atoms with Crippen molar-refractivity contribution < 1.29 is 14.3 Å². The molecule has 0 aromatic heterocycles. The van der Waals surface area contributed by atoms with Crippen LogP contribution in [0.4, 0.5) is 10.5 Å². The summed E-state index contributed by atoms with van der Waals surface area (Å²) in [4.78, 5) is 22.8. The maximum absolute atomic E-state index is 12.2. The lowest BCUT2D eigenvalue weighted by Crippen LogP contribution is -2.31. The third-order valence-electron chi connectivity index (χ3n) is 4.41. The van der Waals surface area contributed by atoms with E-state index in [1.165, 1.54) is 25.7 Å². The quantitative estimate of drug-likeness (QED) is 0.703. The second kappa shape index (κ2) is 9.88. The van der Waals surface area contributed by atoms with Crippen LogP contribution in [0.5, 0.6) is 0 Å². The van der Waals surface area contributed by atoms with Gasteiger partial charge in [-0.1, -0.05) is 18.0 Å². The highest BCUT2D eigenvalue weighted by Crippen LogP contribution is 2.30. The Morgan fingerprint density at radius 3 is 2.56 bits per heavy atom. The van der Waals surface area contributed by atoms with Crippen molar-refractivity contribution in [2.75, 3.05) is 13.2 Å². The van der Waals surface area contributed by atoms with Gasteiger partial charge in [-0.2, -0.15) is 0 Å². The number of carbonyl (C=O) groups excluding carboxylic acids is 2. The van der Waals surface area contributed by atoms with E-state index in [2.05, 4.69) is 15.5 Å². The second-order valence-electron chi connectivity index (χ2n) is 6.17. The molecule has 1 saturated carbocycles. The van der Waals surface area contributed by atoms with E-state index in [4.69, 9.17) is 10.5 Å². The lowest BCUT2D eigenvalue weighted by atomic mass is 9.98. The Hall–Kier alpha value is -2.28. The zero-order valence-electron chi connectivity index (χ0n) is 14.6. The van der Waals surface area contributed by atoms with E-state index in [9.17, 15) is 9.59 Å². The molecule has 1 aromatic carbocycles. The first kappa shape index (κ1) is 19.1. The summed E-state index contributed by atoms with van der Waals surface area (Å²) in [6.45, 7) is 3.30. The molecule has 1 aliphatic rings. The van der Waals surface area contributed by atoms with Gasteiger partial charge in [-0.25, -0.2) is 4.79 Å². The molecule has 1 aliphatic carbocycles. The van der Waals surface area contributed by atoms with Gasteiger partial charge in [0, 0.05) is 18.7 Å². The zero-order chi connectivity index (χ0) is 18.1. The first-order chi connectivity index (χ1) is 12.1. The largest absolute Gasteiger partial charge is 0.378 e. The van der Waals surface area contributed by atoms with Crippen LogP contribution in [-0.4, -0.2) is 31.2 Å². The fraction of sp³-hybridized carbons (Fsp3) is 0.556. The van der Waals surface area contributed by atoms with Crippen molar-refractivity contribution in [3.05, 3.63) is 29.8 Å². The van der Waals surface area contributed by atoms with Gasteiger partial charge in [0.15, 0.2) is 0 Å². The van der Waals surface area contributed by atoms with Crippen molar-refractivity contribution >= 4 is 17.6 Å². The van der Waals surface area contributed by atoms with Gasteiger partial charge in [-0.05, 0) is 56.4 Å². The van der Waals surface area contributed by atoms with E-state index >= 15 is 0 Å². The number of rotatable bonds is 8. The van der Waals surface area contributed by atoms with E-state index in [1.807, 2.05) is 6.92 Å². The molecule has 3 N–H and O–H groups in total. The third-order valence-corrected chi connectivity index (χ3v) is 4.41. The van der Waals surface area contributed by atoms with E-state index in [0.29, 0.717) is 30.3 Å². The first-order valence-corrected chi connectivity index (χ1v) is 8.81. The molecular weight excluding hydrogens is 320 g/mol. The molecule has 0 bridgehead atoms. The molecular formula is C18H26N4O3. The summed E-state index contributed by atoms with van der Waals surface area (Å²) in [7, 11) is 0. The highest BCUT2D eigenvalue weighted by atomic mass is 16.5. The molecule has 25 heavy (non-hydrogen) atoms. The van der Waals surface area contributed by atoms with Gasteiger partial charge >= 0.3 is 6.03 Å². The summed E-state index contributed by atoms with van der Waals surface area (Å²) in [5.74, 6) is 0.479. The van der Waals surface area contributed by atoms with Gasteiger partial charge in [0.2, 0.25) is 0 Å². The van der Waals surface area contributed by atoms with Crippen LogP contribution in [0.1, 0.15) is 49.4 Å². The van der Waals surface area contributed by atoms with Crippen LogP contribution in [0.15, 0.2) is 34.5 Å². The molecule has 0 heterocycles. The summed E-state index contributed by atoms with van der Waals surface area (Å²) in [5.41, 5.74) is 5.89. The third kappa shape index (κ3) is 6.26. The van der Waals surface area contributed by atoms with Crippen LogP contribution in [0.3, 0.4) is 0 Å². The molecule has 0 radical (unpaired) electrons. The number of primary amides is 1. The van der Waals surface area contributed by atoms with Gasteiger partial charge in [-0.15, -0.1) is 5.11 Å². The van der Waals surface area contributed by atoms with Gasteiger partial charge in [0.05, 0.1) is 11.8 Å². The molecule has 3 amide bonds. The van der Waals surface area contributed by atoms with Crippen LogP contribution in [-0.2, 0) is 4.74 Å². The molecule has 2 rings (SSSR count). The minimum Gasteiger partial charge on any atom is -0.378 e. The van der Waals surface area contributed by atoms with Gasteiger partial charge < -0.3 is 15.8 Å². The fourth-order valence-corrected chi connectivity index (χ4v) is 3.21. The van der Waals surface area contributed by atoms with Crippen molar-refractivity contribution in [3.8, 4) is 0 Å². The predicted molar refractivity (Wildman–Crippen MR) is 94.9 cm³/mol. The maximum Gasteiger partial charge on any atom is 0.356 e. The summed E-state index contributed by atoms with van der Waals surface area (Å²) >= 11 is 0. The van der Waals surface area contributed by atoms with E-state index < -0.39 is 6.03 Å². The number of hydrogen-bond acceptors (Lipinski definition) is 4. The number of nitrogens with zero attached hydrogens (tertiary/aromatic N) is 2. The number of nitrogens with one attached hydrogen (secondary N) is 1. The Kier molecular flexibility index (Phi) is 7.53. The number of carbonyl (C=O) groups is 2. The Balaban J connectivity index is 1.81.